The van der Waals surface area contributed by atoms with E-state index in [4.69, 9.17) is 0 Å². The van der Waals surface area contributed by atoms with Crippen molar-refractivity contribution >= 4 is 0 Å². The Bertz CT molecular complexity index is 89.5. The smallest absolute Gasteiger partial charge is 0.0745 e. The van der Waals surface area contributed by atoms with E-state index in [9.17, 15) is 0 Å². The number of rotatable bonds is 4. The van der Waals surface area contributed by atoms with E-state index >= 15 is 0 Å². The third-order valence-electron chi connectivity index (χ3n) is 1.93. The molecule has 67 valence electrons. The summed E-state index contributed by atoms with van der Waals surface area (Å²) in [5.41, 5.74) is 0. The molecular formula is C8H20N3. The van der Waals surface area contributed by atoms with Crippen molar-refractivity contribution in [2.45, 2.75) is 26.2 Å². The van der Waals surface area contributed by atoms with E-state index in [0.717, 1.165) is 0 Å². The molecule has 0 aromatic heterocycles. The van der Waals surface area contributed by atoms with Crippen LogP contribution in [0.1, 0.15) is 13.8 Å². The zero-order valence-electron chi connectivity index (χ0n) is 8.50. The molecule has 0 aromatic carbocycles. The van der Waals surface area contributed by atoms with Gasteiger partial charge in [0.1, 0.15) is 0 Å². The molecule has 0 heterocycles. The Kier molecular flexibility index (Phi) is 4.65. The first-order valence-corrected chi connectivity index (χ1v) is 3.98. The summed E-state index contributed by atoms with van der Waals surface area (Å²) in [7, 11) is 8.15. The van der Waals surface area contributed by atoms with Gasteiger partial charge in [-0.25, -0.2) is 5.32 Å². The Balaban J connectivity index is 3.66. The molecule has 0 spiro atoms. The van der Waals surface area contributed by atoms with Crippen LogP contribution < -0.4 is 5.32 Å². The lowest BCUT2D eigenvalue weighted by Crippen LogP contribution is -2.43. The molecule has 11 heavy (non-hydrogen) atoms. The van der Waals surface area contributed by atoms with Crippen LogP contribution in [0.3, 0.4) is 0 Å². The summed E-state index contributed by atoms with van der Waals surface area (Å²) in [6, 6.07) is 0. The zero-order chi connectivity index (χ0) is 9.02. The molecule has 3 heteroatoms. The molecule has 0 bridgehead atoms. The summed E-state index contributed by atoms with van der Waals surface area (Å²) in [5.74, 6) is 0. The Labute approximate surface area is 70.4 Å². The van der Waals surface area contributed by atoms with Gasteiger partial charge in [0.25, 0.3) is 0 Å². The van der Waals surface area contributed by atoms with E-state index < -0.39 is 0 Å². The van der Waals surface area contributed by atoms with Gasteiger partial charge >= 0.3 is 0 Å². The minimum Gasteiger partial charge on any atom is -0.293 e. The molecule has 0 aliphatic heterocycles. The summed E-state index contributed by atoms with van der Waals surface area (Å²) >= 11 is 0. The highest BCUT2D eigenvalue weighted by molar-refractivity contribution is 4.61. The molecular weight excluding hydrogens is 138 g/mol. The fourth-order valence-electron chi connectivity index (χ4n) is 0.579. The largest absolute Gasteiger partial charge is 0.293 e. The first-order chi connectivity index (χ1) is 4.95. The minimum atomic E-state index is 0.299. The maximum absolute atomic E-state index is 4.53. The second kappa shape index (κ2) is 4.70. The Morgan fingerprint density at radius 3 is 1.27 bits per heavy atom. The van der Waals surface area contributed by atoms with E-state index in [-0.39, 0.29) is 0 Å². The predicted octanol–water partition coefficient (Wildman–Crippen LogP) is 0.406. The van der Waals surface area contributed by atoms with Crippen molar-refractivity contribution in [2.24, 2.45) is 0 Å². The third kappa shape index (κ3) is 4.35. The summed E-state index contributed by atoms with van der Waals surface area (Å²) in [5, 5.41) is 4.53. The van der Waals surface area contributed by atoms with E-state index in [1.165, 1.54) is 0 Å². The normalized spacial score (nSPS) is 17.5. The van der Waals surface area contributed by atoms with Crippen molar-refractivity contribution in [3.8, 4) is 0 Å². The SMILES string of the molecule is CC([N]C(C)N(C)C)N(C)C. The van der Waals surface area contributed by atoms with Crippen molar-refractivity contribution in [3.63, 3.8) is 0 Å². The van der Waals surface area contributed by atoms with Crippen LogP contribution in [-0.2, 0) is 0 Å². The van der Waals surface area contributed by atoms with Crippen molar-refractivity contribution in [1.29, 1.82) is 0 Å². The van der Waals surface area contributed by atoms with Gasteiger partial charge in [0.05, 0.1) is 12.3 Å². The molecule has 0 amide bonds. The van der Waals surface area contributed by atoms with Gasteiger partial charge < -0.3 is 0 Å². The average Bonchev–Trinajstić information content (AvgIpc) is 1.87. The van der Waals surface area contributed by atoms with Gasteiger partial charge in [0.15, 0.2) is 0 Å². The van der Waals surface area contributed by atoms with Crippen LogP contribution in [0.25, 0.3) is 0 Å². The summed E-state index contributed by atoms with van der Waals surface area (Å²) < 4.78 is 0. The van der Waals surface area contributed by atoms with Gasteiger partial charge in [-0.2, -0.15) is 0 Å². The molecule has 3 nitrogen and oxygen atoms in total. The lowest BCUT2D eigenvalue weighted by Gasteiger charge is -2.26. The molecule has 0 aliphatic carbocycles. The Morgan fingerprint density at radius 2 is 1.09 bits per heavy atom. The summed E-state index contributed by atoms with van der Waals surface area (Å²) in [4.78, 5) is 4.19. The average molecular weight is 158 g/mol. The molecule has 0 saturated carbocycles. The van der Waals surface area contributed by atoms with Crippen molar-refractivity contribution in [3.05, 3.63) is 0 Å². The first kappa shape index (κ1) is 10.9. The van der Waals surface area contributed by atoms with E-state index in [1.807, 2.05) is 28.2 Å². The first-order valence-electron chi connectivity index (χ1n) is 3.98. The van der Waals surface area contributed by atoms with Gasteiger partial charge in [0, 0.05) is 0 Å². The van der Waals surface area contributed by atoms with Gasteiger partial charge in [-0.1, -0.05) is 0 Å². The summed E-state index contributed by atoms with van der Waals surface area (Å²) in [6.45, 7) is 4.19. The fourth-order valence-corrected chi connectivity index (χ4v) is 0.579. The number of hydrogen-bond acceptors (Lipinski definition) is 2. The molecule has 0 N–H and O–H groups in total. The minimum absolute atomic E-state index is 0.299. The van der Waals surface area contributed by atoms with Crippen molar-refractivity contribution in [2.75, 3.05) is 28.2 Å². The van der Waals surface area contributed by atoms with Gasteiger partial charge in [0.2, 0.25) is 0 Å². The second-order valence-corrected chi connectivity index (χ2v) is 3.34. The molecule has 0 rings (SSSR count). The Hall–Kier alpha value is -0.120. The van der Waals surface area contributed by atoms with Crippen LogP contribution in [0.4, 0.5) is 0 Å². The van der Waals surface area contributed by atoms with Gasteiger partial charge in [-0.15, -0.1) is 0 Å². The Morgan fingerprint density at radius 1 is 0.818 bits per heavy atom. The number of nitrogens with zero attached hydrogens (tertiary/aromatic N) is 3. The van der Waals surface area contributed by atoms with E-state index in [0.29, 0.717) is 12.3 Å². The van der Waals surface area contributed by atoms with Gasteiger partial charge in [-0.3, -0.25) is 9.80 Å². The molecule has 2 unspecified atom stereocenters. The second-order valence-electron chi connectivity index (χ2n) is 3.34. The van der Waals surface area contributed by atoms with E-state index in [1.54, 1.807) is 0 Å². The van der Waals surface area contributed by atoms with Crippen LogP contribution in [0, 0.1) is 0 Å². The fraction of sp³-hybridized carbons (Fsp3) is 1.00. The van der Waals surface area contributed by atoms with Crippen LogP contribution in [0.2, 0.25) is 0 Å². The predicted molar refractivity (Wildman–Crippen MR) is 48.4 cm³/mol. The van der Waals surface area contributed by atoms with Crippen LogP contribution in [0.5, 0.6) is 0 Å². The number of hydrogen-bond donors (Lipinski definition) is 0. The monoisotopic (exact) mass is 158 g/mol. The van der Waals surface area contributed by atoms with E-state index in [2.05, 4.69) is 29.0 Å². The topological polar surface area (TPSA) is 20.6 Å². The van der Waals surface area contributed by atoms with Crippen LogP contribution in [-0.4, -0.2) is 50.3 Å². The lowest BCUT2D eigenvalue weighted by atomic mass is 10.4. The van der Waals surface area contributed by atoms with Crippen LogP contribution in [0.15, 0.2) is 0 Å². The van der Waals surface area contributed by atoms with Gasteiger partial charge in [-0.05, 0) is 42.0 Å². The highest BCUT2D eigenvalue weighted by Gasteiger charge is 2.11. The molecule has 1 radical (unpaired) electrons. The highest BCUT2D eigenvalue weighted by atomic mass is 15.3. The zero-order valence-corrected chi connectivity index (χ0v) is 8.50. The quantitative estimate of drug-likeness (QED) is 0.590. The molecule has 0 aliphatic rings. The maximum atomic E-state index is 4.53. The summed E-state index contributed by atoms with van der Waals surface area (Å²) in [6.07, 6.45) is 0.597. The van der Waals surface area contributed by atoms with Crippen molar-refractivity contribution in [1.82, 2.24) is 15.1 Å². The maximum Gasteiger partial charge on any atom is 0.0745 e. The lowest BCUT2D eigenvalue weighted by molar-refractivity contribution is 0.170. The molecule has 2 atom stereocenters. The van der Waals surface area contributed by atoms with Crippen LogP contribution >= 0.6 is 0 Å². The highest BCUT2D eigenvalue weighted by Crippen LogP contribution is 1.94. The third-order valence-corrected chi connectivity index (χ3v) is 1.93. The molecule has 0 aromatic rings. The standard InChI is InChI=1S/C8H20N3/c1-7(10(3)4)9-8(2)11(5)6/h7-8H,1-6H3. The molecule has 0 fully saturated rings. The van der Waals surface area contributed by atoms with Crippen molar-refractivity contribution < 1.29 is 0 Å². The molecule has 0 saturated heterocycles.